The standard InChI is InChI=1S/C21H21ClN4O4/c1-24(2)19(27)12-25-11-13-3-4-14(9-16(13)20(25)28)26-8-7-17(21(26)29)30-15-5-6-18(22)23-10-15/h3-6,9-10,17H,7-8,11-12H2,1-2H3/t17-/m1/s1. The predicted octanol–water partition coefficient (Wildman–Crippen LogP) is 1.96. The van der Waals surface area contributed by atoms with E-state index in [4.69, 9.17) is 16.3 Å². The highest BCUT2D eigenvalue weighted by atomic mass is 35.5. The van der Waals surface area contributed by atoms with E-state index >= 15 is 0 Å². The molecule has 0 radical (unpaired) electrons. The highest BCUT2D eigenvalue weighted by Crippen LogP contribution is 2.30. The maximum Gasteiger partial charge on any atom is 0.268 e. The Labute approximate surface area is 179 Å². The van der Waals surface area contributed by atoms with Gasteiger partial charge in [0, 0.05) is 44.9 Å². The molecule has 1 aromatic heterocycles. The predicted molar refractivity (Wildman–Crippen MR) is 111 cm³/mol. The second kappa shape index (κ2) is 7.95. The number of likely N-dealkylation sites (N-methyl/N-ethyl adjacent to an activating group) is 1. The van der Waals surface area contributed by atoms with Crippen LogP contribution in [0.4, 0.5) is 5.69 Å². The van der Waals surface area contributed by atoms with Gasteiger partial charge in [-0.15, -0.1) is 0 Å². The van der Waals surface area contributed by atoms with Crippen LogP contribution < -0.4 is 9.64 Å². The van der Waals surface area contributed by atoms with E-state index in [2.05, 4.69) is 4.98 Å². The van der Waals surface area contributed by atoms with Crippen LogP contribution in [-0.2, 0) is 16.1 Å². The van der Waals surface area contributed by atoms with Gasteiger partial charge in [0.15, 0.2) is 6.10 Å². The quantitative estimate of drug-likeness (QED) is 0.680. The molecule has 8 nitrogen and oxygen atoms in total. The van der Waals surface area contributed by atoms with E-state index in [-0.39, 0.29) is 24.3 Å². The topological polar surface area (TPSA) is 83.1 Å². The minimum atomic E-state index is -0.619. The van der Waals surface area contributed by atoms with Crippen LogP contribution in [0.15, 0.2) is 36.5 Å². The van der Waals surface area contributed by atoms with Crippen LogP contribution in [-0.4, -0.2) is 65.8 Å². The van der Waals surface area contributed by atoms with Crippen LogP contribution in [0.3, 0.4) is 0 Å². The van der Waals surface area contributed by atoms with Crippen LogP contribution in [0.2, 0.25) is 5.15 Å². The highest BCUT2D eigenvalue weighted by molar-refractivity contribution is 6.29. The lowest BCUT2D eigenvalue weighted by atomic mass is 10.1. The van der Waals surface area contributed by atoms with Crippen molar-refractivity contribution in [1.29, 1.82) is 0 Å². The van der Waals surface area contributed by atoms with Crippen LogP contribution in [0.1, 0.15) is 22.3 Å². The Kier molecular flexibility index (Phi) is 5.34. The molecule has 4 rings (SSSR count). The third kappa shape index (κ3) is 3.82. The lowest BCUT2D eigenvalue weighted by Gasteiger charge is -2.18. The molecular weight excluding hydrogens is 408 g/mol. The number of ether oxygens (including phenoxy) is 1. The summed E-state index contributed by atoms with van der Waals surface area (Å²) >= 11 is 5.78. The fraction of sp³-hybridized carbons (Fsp3) is 0.333. The largest absolute Gasteiger partial charge is 0.479 e. The van der Waals surface area contributed by atoms with Gasteiger partial charge in [-0.2, -0.15) is 0 Å². The summed E-state index contributed by atoms with van der Waals surface area (Å²) in [5.41, 5.74) is 2.02. The third-order valence-corrected chi connectivity index (χ3v) is 5.47. The molecule has 0 N–H and O–H groups in total. The first-order valence-electron chi connectivity index (χ1n) is 9.55. The van der Waals surface area contributed by atoms with E-state index in [1.54, 1.807) is 37.2 Å². The average molecular weight is 429 g/mol. The van der Waals surface area contributed by atoms with Gasteiger partial charge in [-0.3, -0.25) is 14.4 Å². The number of carbonyl (C=O) groups is 3. The minimum absolute atomic E-state index is 0.0313. The Balaban J connectivity index is 1.47. The summed E-state index contributed by atoms with van der Waals surface area (Å²) in [6, 6.07) is 8.67. The van der Waals surface area contributed by atoms with Gasteiger partial charge in [0.25, 0.3) is 11.8 Å². The summed E-state index contributed by atoms with van der Waals surface area (Å²) in [4.78, 5) is 46.1. The summed E-state index contributed by atoms with van der Waals surface area (Å²) in [7, 11) is 3.32. The number of anilines is 1. The first-order valence-corrected chi connectivity index (χ1v) is 9.93. The summed E-state index contributed by atoms with van der Waals surface area (Å²) in [6.45, 7) is 0.904. The molecule has 30 heavy (non-hydrogen) atoms. The molecule has 1 fully saturated rings. The number of hydrogen-bond donors (Lipinski definition) is 0. The van der Waals surface area contributed by atoms with Crippen molar-refractivity contribution in [3.05, 3.63) is 52.8 Å². The van der Waals surface area contributed by atoms with E-state index in [9.17, 15) is 14.4 Å². The molecule has 1 atom stereocenters. The zero-order valence-electron chi connectivity index (χ0n) is 16.7. The number of rotatable bonds is 5. The molecule has 1 aromatic carbocycles. The van der Waals surface area contributed by atoms with E-state index in [0.29, 0.717) is 41.7 Å². The van der Waals surface area contributed by atoms with Crippen molar-refractivity contribution >= 4 is 35.0 Å². The molecule has 1 saturated heterocycles. The Bertz CT molecular complexity index is 1010. The van der Waals surface area contributed by atoms with Gasteiger partial charge in [-0.25, -0.2) is 4.98 Å². The Morgan fingerprint density at radius 3 is 2.77 bits per heavy atom. The lowest BCUT2D eigenvalue weighted by molar-refractivity contribution is -0.129. The van der Waals surface area contributed by atoms with Crippen molar-refractivity contribution in [1.82, 2.24) is 14.8 Å². The molecule has 3 heterocycles. The van der Waals surface area contributed by atoms with Crippen molar-refractivity contribution in [2.45, 2.75) is 19.1 Å². The van der Waals surface area contributed by atoms with E-state index in [1.807, 2.05) is 12.1 Å². The van der Waals surface area contributed by atoms with Crippen LogP contribution in [0, 0.1) is 0 Å². The first-order chi connectivity index (χ1) is 14.3. The normalized spacial score (nSPS) is 18.0. The average Bonchev–Trinajstić information content (AvgIpc) is 3.23. The van der Waals surface area contributed by atoms with Gasteiger partial charge in [-0.1, -0.05) is 17.7 Å². The van der Waals surface area contributed by atoms with Crippen LogP contribution >= 0.6 is 11.6 Å². The molecular formula is C21H21ClN4O4. The molecule has 3 amide bonds. The molecule has 0 bridgehead atoms. The number of halogens is 1. The van der Waals surface area contributed by atoms with Crippen LogP contribution in [0.5, 0.6) is 5.75 Å². The molecule has 0 saturated carbocycles. The van der Waals surface area contributed by atoms with E-state index in [1.165, 1.54) is 16.0 Å². The van der Waals surface area contributed by atoms with Gasteiger partial charge in [0.1, 0.15) is 17.4 Å². The summed E-state index contributed by atoms with van der Waals surface area (Å²) < 4.78 is 5.76. The van der Waals surface area contributed by atoms with E-state index in [0.717, 1.165) is 5.56 Å². The SMILES string of the molecule is CN(C)C(=O)CN1Cc2ccc(N3CC[C@@H](Oc4ccc(Cl)nc4)C3=O)cc2C1=O. The number of hydrogen-bond acceptors (Lipinski definition) is 5. The number of amides is 3. The van der Waals surface area contributed by atoms with Gasteiger partial charge in [0.05, 0.1) is 6.20 Å². The second-order valence-electron chi connectivity index (χ2n) is 7.49. The Hall–Kier alpha value is -3.13. The first kappa shape index (κ1) is 20.2. The molecule has 9 heteroatoms. The number of carbonyl (C=O) groups excluding carboxylic acids is 3. The van der Waals surface area contributed by atoms with Crippen molar-refractivity contribution in [2.75, 3.05) is 32.1 Å². The van der Waals surface area contributed by atoms with Crippen LogP contribution in [0.25, 0.3) is 0 Å². The number of pyridine rings is 1. The lowest BCUT2D eigenvalue weighted by Crippen LogP contribution is -2.36. The van der Waals surface area contributed by atoms with Crippen molar-refractivity contribution in [3.63, 3.8) is 0 Å². The Morgan fingerprint density at radius 1 is 1.27 bits per heavy atom. The monoisotopic (exact) mass is 428 g/mol. The zero-order chi connectivity index (χ0) is 21.4. The molecule has 2 aromatic rings. The fourth-order valence-corrected chi connectivity index (χ4v) is 3.68. The fourth-order valence-electron chi connectivity index (χ4n) is 3.57. The molecule has 0 spiro atoms. The molecule has 2 aliphatic rings. The number of benzene rings is 1. The van der Waals surface area contributed by atoms with Gasteiger partial charge in [-0.05, 0) is 29.8 Å². The Morgan fingerprint density at radius 2 is 2.07 bits per heavy atom. The maximum atomic E-state index is 12.9. The molecule has 0 unspecified atom stereocenters. The number of fused-ring (bicyclic) bond motifs is 1. The molecule has 2 aliphatic heterocycles. The molecule has 156 valence electrons. The summed E-state index contributed by atoms with van der Waals surface area (Å²) in [5, 5.41) is 0.353. The smallest absolute Gasteiger partial charge is 0.268 e. The maximum absolute atomic E-state index is 12.9. The van der Waals surface area contributed by atoms with E-state index < -0.39 is 6.10 Å². The number of nitrogens with zero attached hydrogens (tertiary/aromatic N) is 4. The zero-order valence-corrected chi connectivity index (χ0v) is 17.4. The second-order valence-corrected chi connectivity index (χ2v) is 7.88. The van der Waals surface area contributed by atoms with Crippen molar-refractivity contribution < 1.29 is 19.1 Å². The van der Waals surface area contributed by atoms with Crippen molar-refractivity contribution in [2.24, 2.45) is 0 Å². The highest BCUT2D eigenvalue weighted by Gasteiger charge is 2.36. The summed E-state index contributed by atoms with van der Waals surface area (Å²) in [5.74, 6) is -0.0311. The van der Waals surface area contributed by atoms with Gasteiger partial charge in [0.2, 0.25) is 5.91 Å². The minimum Gasteiger partial charge on any atom is -0.479 e. The third-order valence-electron chi connectivity index (χ3n) is 5.24. The summed E-state index contributed by atoms with van der Waals surface area (Å²) in [6.07, 6.45) is 1.39. The number of aromatic nitrogens is 1. The van der Waals surface area contributed by atoms with Gasteiger partial charge < -0.3 is 19.4 Å². The van der Waals surface area contributed by atoms with Gasteiger partial charge >= 0.3 is 0 Å². The molecule has 0 aliphatic carbocycles. The van der Waals surface area contributed by atoms with Crippen molar-refractivity contribution in [3.8, 4) is 5.75 Å².